The van der Waals surface area contributed by atoms with Gasteiger partial charge in [-0.2, -0.15) is 0 Å². The minimum absolute atomic E-state index is 0.316. The highest BCUT2D eigenvalue weighted by Gasteiger charge is 2.02. The molecule has 2 aromatic carbocycles. The molecule has 0 saturated carbocycles. The van der Waals surface area contributed by atoms with Crippen LogP contribution in [0.5, 0.6) is 5.75 Å². The summed E-state index contributed by atoms with van der Waals surface area (Å²) < 4.78 is 0. The highest BCUT2D eigenvalue weighted by molar-refractivity contribution is 5.93. The lowest BCUT2D eigenvalue weighted by Gasteiger charge is -2.06. The molecular weight excluding hydrogens is 172 g/mol. The van der Waals surface area contributed by atoms with Crippen LogP contribution in [0.1, 0.15) is 11.1 Å². The third-order valence-electron chi connectivity index (χ3n) is 2.41. The lowest BCUT2D eigenvalue weighted by atomic mass is 10.00. The van der Waals surface area contributed by atoms with E-state index in [1.165, 1.54) is 5.39 Å². The summed E-state index contributed by atoms with van der Waals surface area (Å²) in [4.78, 5) is 0. The van der Waals surface area contributed by atoms with Gasteiger partial charge in [0.1, 0.15) is 5.75 Å². The van der Waals surface area contributed by atoms with Crippen LogP contribution in [0, 0.1) is 6.92 Å². The van der Waals surface area contributed by atoms with Crippen LogP contribution < -0.4 is 0 Å². The summed E-state index contributed by atoms with van der Waals surface area (Å²) in [5, 5.41) is 11.7. The van der Waals surface area contributed by atoms with Crippen molar-refractivity contribution in [2.45, 2.75) is 6.92 Å². The Kier molecular flexibility index (Phi) is 2.01. The first-order valence-electron chi connectivity index (χ1n) is 4.57. The SMILES string of the molecule is C=Cc1cccc2cc(O)cc(C)c12. The molecular formula is C13H12O. The quantitative estimate of drug-likeness (QED) is 0.719. The lowest BCUT2D eigenvalue weighted by Crippen LogP contribution is -1.82. The van der Waals surface area contributed by atoms with Gasteiger partial charge in [0, 0.05) is 0 Å². The zero-order valence-electron chi connectivity index (χ0n) is 8.12. The molecule has 14 heavy (non-hydrogen) atoms. The predicted octanol–water partition coefficient (Wildman–Crippen LogP) is 3.50. The van der Waals surface area contributed by atoms with Crippen molar-refractivity contribution in [2.24, 2.45) is 0 Å². The average Bonchev–Trinajstić information content (AvgIpc) is 2.16. The Labute approximate surface area is 83.3 Å². The van der Waals surface area contributed by atoms with Gasteiger partial charge in [-0.3, -0.25) is 0 Å². The van der Waals surface area contributed by atoms with Crippen molar-refractivity contribution in [3.63, 3.8) is 0 Å². The fourth-order valence-corrected chi connectivity index (χ4v) is 1.83. The second-order valence-electron chi connectivity index (χ2n) is 3.41. The van der Waals surface area contributed by atoms with Crippen molar-refractivity contribution in [3.8, 4) is 5.75 Å². The minimum atomic E-state index is 0.316. The largest absolute Gasteiger partial charge is 0.508 e. The molecule has 0 aliphatic carbocycles. The topological polar surface area (TPSA) is 20.2 Å². The van der Waals surface area contributed by atoms with Gasteiger partial charge in [-0.1, -0.05) is 30.9 Å². The van der Waals surface area contributed by atoms with Crippen molar-refractivity contribution in [2.75, 3.05) is 0 Å². The monoisotopic (exact) mass is 184 g/mol. The Hall–Kier alpha value is -1.76. The Bertz CT molecular complexity index is 498. The van der Waals surface area contributed by atoms with Crippen molar-refractivity contribution >= 4 is 16.8 Å². The molecule has 2 aromatic rings. The molecule has 0 aromatic heterocycles. The van der Waals surface area contributed by atoms with Gasteiger partial charge >= 0.3 is 0 Å². The third-order valence-corrected chi connectivity index (χ3v) is 2.41. The normalized spacial score (nSPS) is 10.4. The number of phenolic OH excluding ortho intramolecular Hbond substituents is 1. The third kappa shape index (κ3) is 1.27. The molecule has 0 radical (unpaired) electrons. The Morgan fingerprint density at radius 1 is 1.29 bits per heavy atom. The smallest absolute Gasteiger partial charge is 0.116 e. The summed E-state index contributed by atoms with van der Waals surface area (Å²) in [7, 11) is 0. The van der Waals surface area contributed by atoms with Gasteiger partial charge < -0.3 is 5.11 Å². The molecule has 0 aliphatic rings. The van der Waals surface area contributed by atoms with Crippen LogP contribution >= 0.6 is 0 Å². The van der Waals surface area contributed by atoms with E-state index in [2.05, 4.69) is 6.58 Å². The molecule has 1 nitrogen and oxygen atoms in total. The minimum Gasteiger partial charge on any atom is -0.508 e. The van der Waals surface area contributed by atoms with Crippen molar-refractivity contribution < 1.29 is 5.11 Å². The molecule has 0 amide bonds. The molecule has 0 heterocycles. The van der Waals surface area contributed by atoms with Crippen LogP contribution in [-0.4, -0.2) is 5.11 Å². The van der Waals surface area contributed by atoms with Crippen molar-refractivity contribution in [3.05, 3.63) is 48.0 Å². The van der Waals surface area contributed by atoms with Gasteiger partial charge in [0.05, 0.1) is 0 Å². The standard InChI is InChI=1S/C13H12O/c1-3-10-5-4-6-11-8-12(14)7-9(2)13(10)11/h3-8,14H,1H2,2H3. The highest BCUT2D eigenvalue weighted by Crippen LogP contribution is 2.27. The maximum absolute atomic E-state index is 9.45. The lowest BCUT2D eigenvalue weighted by molar-refractivity contribution is 0.476. The van der Waals surface area contributed by atoms with Crippen LogP contribution in [0.2, 0.25) is 0 Å². The van der Waals surface area contributed by atoms with Gasteiger partial charge in [0.25, 0.3) is 0 Å². The number of aromatic hydroxyl groups is 1. The number of benzene rings is 2. The van der Waals surface area contributed by atoms with Gasteiger partial charge in [-0.25, -0.2) is 0 Å². The van der Waals surface area contributed by atoms with Crippen LogP contribution in [-0.2, 0) is 0 Å². The maximum atomic E-state index is 9.45. The van der Waals surface area contributed by atoms with E-state index in [0.717, 1.165) is 16.5 Å². The Morgan fingerprint density at radius 3 is 2.79 bits per heavy atom. The molecule has 0 atom stereocenters. The van der Waals surface area contributed by atoms with E-state index < -0.39 is 0 Å². The van der Waals surface area contributed by atoms with E-state index in [-0.39, 0.29) is 0 Å². The molecule has 70 valence electrons. The molecule has 0 aliphatic heterocycles. The fraction of sp³-hybridized carbons (Fsp3) is 0.0769. The van der Waals surface area contributed by atoms with Gasteiger partial charge in [0.2, 0.25) is 0 Å². The molecule has 0 bridgehead atoms. The summed E-state index contributed by atoms with van der Waals surface area (Å²) >= 11 is 0. The molecule has 2 rings (SSSR count). The van der Waals surface area contributed by atoms with Crippen LogP contribution in [0.3, 0.4) is 0 Å². The van der Waals surface area contributed by atoms with Gasteiger partial charge in [0.15, 0.2) is 0 Å². The summed E-state index contributed by atoms with van der Waals surface area (Å²) in [5.74, 6) is 0.316. The van der Waals surface area contributed by atoms with Crippen molar-refractivity contribution in [1.82, 2.24) is 0 Å². The zero-order valence-corrected chi connectivity index (χ0v) is 8.12. The molecule has 1 N–H and O–H groups in total. The highest BCUT2D eigenvalue weighted by atomic mass is 16.3. The van der Waals surface area contributed by atoms with E-state index in [4.69, 9.17) is 0 Å². The first-order chi connectivity index (χ1) is 6.72. The fourth-order valence-electron chi connectivity index (χ4n) is 1.83. The number of hydrogen-bond acceptors (Lipinski definition) is 1. The van der Waals surface area contributed by atoms with Crippen LogP contribution in [0.25, 0.3) is 16.8 Å². The zero-order chi connectivity index (χ0) is 10.1. The molecule has 0 saturated heterocycles. The van der Waals surface area contributed by atoms with E-state index >= 15 is 0 Å². The van der Waals surface area contributed by atoms with E-state index in [0.29, 0.717) is 5.75 Å². The second-order valence-corrected chi connectivity index (χ2v) is 3.41. The number of fused-ring (bicyclic) bond motifs is 1. The summed E-state index contributed by atoms with van der Waals surface area (Å²) in [6.07, 6.45) is 1.84. The number of rotatable bonds is 1. The first kappa shape index (κ1) is 8.82. The first-order valence-corrected chi connectivity index (χ1v) is 4.57. The predicted molar refractivity (Wildman–Crippen MR) is 60.4 cm³/mol. The number of aryl methyl sites for hydroxylation is 1. The molecule has 1 heteroatoms. The molecule has 0 unspecified atom stereocenters. The molecule has 0 spiro atoms. The number of phenols is 1. The van der Waals surface area contributed by atoms with Crippen LogP contribution in [0.4, 0.5) is 0 Å². The summed E-state index contributed by atoms with van der Waals surface area (Å²) in [6.45, 7) is 5.78. The van der Waals surface area contributed by atoms with Gasteiger partial charge in [-0.05, 0) is 41.0 Å². The second kappa shape index (κ2) is 3.18. The summed E-state index contributed by atoms with van der Waals surface area (Å²) in [6, 6.07) is 9.54. The van der Waals surface area contributed by atoms with E-state index in [1.807, 2.05) is 31.2 Å². The van der Waals surface area contributed by atoms with E-state index in [9.17, 15) is 5.11 Å². The Balaban J connectivity index is 2.93. The van der Waals surface area contributed by atoms with Gasteiger partial charge in [-0.15, -0.1) is 0 Å². The molecule has 0 fully saturated rings. The average molecular weight is 184 g/mol. The van der Waals surface area contributed by atoms with E-state index in [1.54, 1.807) is 12.1 Å². The Morgan fingerprint density at radius 2 is 2.07 bits per heavy atom. The maximum Gasteiger partial charge on any atom is 0.116 e. The van der Waals surface area contributed by atoms with Crippen LogP contribution in [0.15, 0.2) is 36.9 Å². The summed E-state index contributed by atoms with van der Waals surface area (Å²) in [5.41, 5.74) is 2.19. The van der Waals surface area contributed by atoms with Crippen molar-refractivity contribution in [1.29, 1.82) is 0 Å². The number of hydrogen-bond donors (Lipinski definition) is 1.